The van der Waals surface area contributed by atoms with Crippen LogP contribution in [0.3, 0.4) is 0 Å². The minimum atomic E-state index is -0.797. The maximum absolute atomic E-state index is 12.7. The number of hydrogen-bond acceptors (Lipinski definition) is 6. The van der Waals surface area contributed by atoms with Crippen molar-refractivity contribution in [2.75, 3.05) is 13.2 Å². The van der Waals surface area contributed by atoms with Gasteiger partial charge in [-0.2, -0.15) is 0 Å². The van der Waals surface area contributed by atoms with Gasteiger partial charge in [0.05, 0.1) is 0 Å². The standard InChI is InChI=1S/C48H84O6/c1-4-7-10-13-16-19-22-23-24-27-29-32-35-38-41-47(50)53-44-45(54-48(51)42-39-36-33-30-26-21-18-15-12-9-6-3)43-52-46(49)40-37-34-31-28-25-20-17-14-11-8-5-2/h9,12,14,17-18,21,30,33,45H,4-8,10-11,13,15-16,19-20,22-29,31-32,34-44H2,1-3H3/b12-9-,17-14-,21-18-,33-30-. The number of esters is 3. The van der Waals surface area contributed by atoms with E-state index in [1.807, 2.05) is 0 Å². The first-order valence-electron chi connectivity index (χ1n) is 22.6. The maximum Gasteiger partial charge on any atom is 0.306 e. The van der Waals surface area contributed by atoms with E-state index < -0.39 is 6.10 Å². The lowest BCUT2D eigenvalue weighted by Crippen LogP contribution is -2.30. The van der Waals surface area contributed by atoms with Crippen LogP contribution >= 0.6 is 0 Å². The highest BCUT2D eigenvalue weighted by molar-refractivity contribution is 5.71. The van der Waals surface area contributed by atoms with Gasteiger partial charge in [0.15, 0.2) is 6.10 Å². The predicted octanol–water partition coefficient (Wildman–Crippen LogP) is 14.4. The van der Waals surface area contributed by atoms with E-state index in [4.69, 9.17) is 14.2 Å². The first-order chi connectivity index (χ1) is 26.5. The van der Waals surface area contributed by atoms with E-state index in [2.05, 4.69) is 69.4 Å². The quantitative estimate of drug-likeness (QED) is 0.0268. The predicted molar refractivity (Wildman–Crippen MR) is 229 cm³/mol. The van der Waals surface area contributed by atoms with E-state index in [1.165, 1.54) is 103 Å². The van der Waals surface area contributed by atoms with Crippen molar-refractivity contribution in [2.24, 2.45) is 0 Å². The van der Waals surface area contributed by atoms with Crippen molar-refractivity contribution >= 4 is 17.9 Å². The van der Waals surface area contributed by atoms with Crippen molar-refractivity contribution < 1.29 is 28.6 Å². The second kappa shape index (κ2) is 43.1. The second-order valence-corrected chi connectivity index (χ2v) is 14.9. The molecule has 0 N–H and O–H groups in total. The Morgan fingerprint density at radius 1 is 0.389 bits per heavy atom. The van der Waals surface area contributed by atoms with Gasteiger partial charge in [0.1, 0.15) is 13.2 Å². The second-order valence-electron chi connectivity index (χ2n) is 14.9. The molecule has 0 fully saturated rings. The van der Waals surface area contributed by atoms with Crippen LogP contribution in [-0.4, -0.2) is 37.2 Å². The molecular formula is C48H84O6. The van der Waals surface area contributed by atoms with E-state index in [9.17, 15) is 14.4 Å². The van der Waals surface area contributed by atoms with Gasteiger partial charge in [0.25, 0.3) is 0 Å². The van der Waals surface area contributed by atoms with Crippen LogP contribution in [0.5, 0.6) is 0 Å². The van der Waals surface area contributed by atoms with E-state index >= 15 is 0 Å². The zero-order valence-electron chi connectivity index (χ0n) is 35.5. The Bertz CT molecular complexity index is 964. The van der Waals surface area contributed by atoms with Gasteiger partial charge in [-0.1, -0.05) is 185 Å². The molecule has 0 radical (unpaired) electrons. The Labute approximate surface area is 333 Å². The van der Waals surface area contributed by atoms with Crippen LogP contribution in [0.1, 0.15) is 220 Å². The highest BCUT2D eigenvalue weighted by Crippen LogP contribution is 2.14. The van der Waals surface area contributed by atoms with Crippen molar-refractivity contribution in [1.82, 2.24) is 0 Å². The molecule has 6 heteroatoms. The number of carbonyl (C=O) groups is 3. The number of unbranched alkanes of at least 4 members (excludes halogenated alkanes) is 21. The third-order valence-electron chi connectivity index (χ3n) is 9.57. The molecule has 0 aliphatic carbocycles. The van der Waals surface area contributed by atoms with Gasteiger partial charge >= 0.3 is 17.9 Å². The first kappa shape index (κ1) is 51.4. The number of carbonyl (C=O) groups excluding carboxylic acids is 3. The van der Waals surface area contributed by atoms with Gasteiger partial charge < -0.3 is 14.2 Å². The molecule has 1 unspecified atom stereocenters. The third kappa shape index (κ3) is 40.6. The summed E-state index contributed by atoms with van der Waals surface area (Å²) in [6.07, 6.45) is 49.6. The van der Waals surface area contributed by atoms with Gasteiger partial charge in [-0.15, -0.1) is 0 Å². The molecule has 0 aliphatic heterocycles. The molecule has 0 rings (SSSR count). The molecule has 0 aromatic carbocycles. The molecule has 0 aromatic rings. The average molecular weight is 757 g/mol. The zero-order valence-corrected chi connectivity index (χ0v) is 35.5. The number of hydrogen-bond donors (Lipinski definition) is 0. The minimum Gasteiger partial charge on any atom is -0.462 e. The maximum atomic E-state index is 12.7. The summed E-state index contributed by atoms with van der Waals surface area (Å²) in [4.78, 5) is 37.7. The fraction of sp³-hybridized carbons (Fsp3) is 0.771. The van der Waals surface area contributed by atoms with E-state index in [-0.39, 0.29) is 37.5 Å². The van der Waals surface area contributed by atoms with Crippen molar-refractivity contribution in [3.8, 4) is 0 Å². The molecule has 54 heavy (non-hydrogen) atoms. The van der Waals surface area contributed by atoms with E-state index in [1.54, 1.807) is 0 Å². The Morgan fingerprint density at radius 2 is 0.759 bits per heavy atom. The van der Waals surface area contributed by atoms with Crippen molar-refractivity contribution in [3.63, 3.8) is 0 Å². The SMILES string of the molecule is CC/C=C\C/C=C\C/C=C\CCCC(=O)OC(COC(=O)CCCCCCC/C=C\CCCC)COC(=O)CCCCCCCCCCCCCCCC. The smallest absolute Gasteiger partial charge is 0.306 e. The Hall–Kier alpha value is -2.63. The zero-order chi connectivity index (χ0) is 39.4. The highest BCUT2D eigenvalue weighted by Gasteiger charge is 2.19. The molecule has 6 nitrogen and oxygen atoms in total. The van der Waals surface area contributed by atoms with E-state index in [0.717, 1.165) is 70.6 Å². The van der Waals surface area contributed by atoms with Crippen LogP contribution in [0.4, 0.5) is 0 Å². The van der Waals surface area contributed by atoms with Crippen LogP contribution in [0.15, 0.2) is 48.6 Å². The Kier molecular flexibility index (Phi) is 41.0. The van der Waals surface area contributed by atoms with Crippen molar-refractivity contribution in [2.45, 2.75) is 226 Å². The normalized spacial score (nSPS) is 12.4. The Morgan fingerprint density at radius 3 is 1.26 bits per heavy atom. The van der Waals surface area contributed by atoms with Crippen LogP contribution in [0, 0.1) is 0 Å². The fourth-order valence-corrected chi connectivity index (χ4v) is 6.15. The lowest BCUT2D eigenvalue weighted by Gasteiger charge is -2.18. The lowest BCUT2D eigenvalue weighted by molar-refractivity contribution is -0.167. The monoisotopic (exact) mass is 757 g/mol. The largest absolute Gasteiger partial charge is 0.462 e. The molecule has 0 saturated carbocycles. The van der Waals surface area contributed by atoms with Gasteiger partial charge in [0, 0.05) is 19.3 Å². The molecule has 0 aliphatic rings. The van der Waals surface area contributed by atoms with Crippen molar-refractivity contribution in [3.05, 3.63) is 48.6 Å². The third-order valence-corrected chi connectivity index (χ3v) is 9.57. The molecule has 0 aromatic heterocycles. The fourth-order valence-electron chi connectivity index (χ4n) is 6.15. The lowest BCUT2D eigenvalue weighted by atomic mass is 10.0. The minimum absolute atomic E-state index is 0.0942. The molecule has 0 bridgehead atoms. The van der Waals surface area contributed by atoms with Crippen molar-refractivity contribution in [1.29, 1.82) is 0 Å². The summed E-state index contributed by atoms with van der Waals surface area (Å²) in [5, 5.41) is 0. The summed E-state index contributed by atoms with van der Waals surface area (Å²) in [5.74, 6) is -0.960. The van der Waals surface area contributed by atoms with Gasteiger partial charge in [-0.05, 0) is 64.2 Å². The summed E-state index contributed by atoms with van der Waals surface area (Å²) < 4.78 is 16.6. The number of allylic oxidation sites excluding steroid dienone is 8. The molecule has 1 atom stereocenters. The molecule has 0 saturated heterocycles. The number of rotatable bonds is 40. The summed E-state index contributed by atoms with van der Waals surface area (Å²) >= 11 is 0. The summed E-state index contributed by atoms with van der Waals surface area (Å²) in [5.41, 5.74) is 0. The molecule has 0 heterocycles. The molecular weight excluding hydrogens is 673 g/mol. The highest BCUT2D eigenvalue weighted by atomic mass is 16.6. The Balaban J connectivity index is 4.41. The van der Waals surface area contributed by atoms with Crippen LogP contribution in [-0.2, 0) is 28.6 Å². The summed E-state index contributed by atoms with van der Waals surface area (Å²) in [6.45, 7) is 6.42. The average Bonchev–Trinajstić information content (AvgIpc) is 3.17. The topological polar surface area (TPSA) is 78.9 Å². The molecule has 312 valence electrons. The van der Waals surface area contributed by atoms with Crippen LogP contribution < -0.4 is 0 Å². The molecule has 0 amide bonds. The van der Waals surface area contributed by atoms with Crippen LogP contribution in [0.25, 0.3) is 0 Å². The number of ether oxygens (including phenoxy) is 3. The summed E-state index contributed by atoms with van der Waals surface area (Å²) in [7, 11) is 0. The van der Waals surface area contributed by atoms with Gasteiger partial charge in [-0.3, -0.25) is 14.4 Å². The first-order valence-corrected chi connectivity index (χ1v) is 22.6. The van der Waals surface area contributed by atoms with E-state index in [0.29, 0.717) is 19.3 Å². The van der Waals surface area contributed by atoms with Gasteiger partial charge in [-0.25, -0.2) is 0 Å². The van der Waals surface area contributed by atoms with Crippen LogP contribution in [0.2, 0.25) is 0 Å². The van der Waals surface area contributed by atoms with Gasteiger partial charge in [0.2, 0.25) is 0 Å². The molecule has 0 spiro atoms. The summed E-state index contributed by atoms with van der Waals surface area (Å²) in [6, 6.07) is 0.